The fourth-order valence-corrected chi connectivity index (χ4v) is 4.54. The lowest BCUT2D eigenvalue weighted by molar-refractivity contribution is 0.240. The van der Waals surface area contributed by atoms with E-state index in [1.807, 2.05) is 18.3 Å². The molecule has 0 aliphatic carbocycles. The van der Waals surface area contributed by atoms with Gasteiger partial charge in [0.05, 0.1) is 0 Å². The quantitative estimate of drug-likeness (QED) is 0.475. The van der Waals surface area contributed by atoms with E-state index in [9.17, 15) is 4.79 Å². The predicted octanol–water partition coefficient (Wildman–Crippen LogP) is 5.19. The predicted molar refractivity (Wildman–Crippen MR) is 143 cm³/mol. The molecule has 4 rings (SSSR count). The van der Waals surface area contributed by atoms with Crippen molar-refractivity contribution in [2.75, 3.05) is 32.1 Å². The minimum atomic E-state index is -0.183. The Labute approximate surface area is 209 Å². The maximum atomic E-state index is 12.5. The molecule has 0 atom stereocenters. The molecule has 0 saturated carbocycles. The maximum Gasteiger partial charge on any atom is 0.315 e. The van der Waals surface area contributed by atoms with E-state index < -0.39 is 0 Å². The molecule has 1 saturated heterocycles. The third-order valence-electron chi connectivity index (χ3n) is 6.41. The van der Waals surface area contributed by atoms with Crippen LogP contribution in [0.3, 0.4) is 0 Å². The fraction of sp³-hybridized carbons (Fsp3) is 0.379. The first-order valence-corrected chi connectivity index (χ1v) is 12.6. The van der Waals surface area contributed by atoms with E-state index in [2.05, 4.69) is 88.0 Å². The molecule has 3 aromatic rings. The van der Waals surface area contributed by atoms with Gasteiger partial charge >= 0.3 is 6.03 Å². The van der Waals surface area contributed by atoms with Crippen molar-refractivity contribution in [3.63, 3.8) is 0 Å². The van der Waals surface area contributed by atoms with Crippen LogP contribution in [-0.4, -0.2) is 43.1 Å². The topological polar surface area (TPSA) is 60.5 Å². The number of hydrogen-bond donors (Lipinski definition) is 2. The second-order valence-corrected chi connectivity index (χ2v) is 9.55. The number of anilines is 1. The Morgan fingerprint density at radius 1 is 0.857 bits per heavy atom. The van der Waals surface area contributed by atoms with E-state index in [1.165, 1.54) is 31.2 Å². The average Bonchev–Trinajstić information content (AvgIpc) is 3.17. The van der Waals surface area contributed by atoms with Crippen molar-refractivity contribution in [1.29, 1.82) is 0 Å². The van der Waals surface area contributed by atoms with Crippen LogP contribution in [0.2, 0.25) is 0 Å². The zero-order valence-electron chi connectivity index (χ0n) is 21.0. The van der Waals surface area contributed by atoms with Gasteiger partial charge in [-0.1, -0.05) is 67.4 Å². The zero-order valence-corrected chi connectivity index (χ0v) is 21.0. The summed E-state index contributed by atoms with van der Waals surface area (Å²) in [5, 5.41) is 5.96. The van der Waals surface area contributed by atoms with Gasteiger partial charge in [-0.15, -0.1) is 0 Å². The Bertz CT molecular complexity index is 1070. The number of nitrogens with one attached hydrogen (secondary N) is 2. The van der Waals surface area contributed by atoms with E-state index >= 15 is 0 Å². The van der Waals surface area contributed by atoms with Crippen molar-refractivity contribution < 1.29 is 4.79 Å². The number of nitrogens with zero attached hydrogens (tertiary/aromatic N) is 3. The first kappa shape index (κ1) is 24.7. The second kappa shape index (κ2) is 12.4. The number of urea groups is 1. The molecule has 1 fully saturated rings. The average molecular weight is 472 g/mol. The summed E-state index contributed by atoms with van der Waals surface area (Å²) in [5.74, 6) is 1.03. The Morgan fingerprint density at radius 2 is 1.54 bits per heavy atom. The van der Waals surface area contributed by atoms with Crippen LogP contribution in [0.4, 0.5) is 10.6 Å². The van der Waals surface area contributed by atoms with Crippen LogP contribution in [0.15, 0.2) is 66.9 Å². The third-order valence-corrected chi connectivity index (χ3v) is 6.41. The molecule has 0 radical (unpaired) electrons. The van der Waals surface area contributed by atoms with Gasteiger partial charge in [-0.25, -0.2) is 9.78 Å². The molecule has 2 N–H and O–H groups in total. The lowest BCUT2D eigenvalue weighted by Gasteiger charge is -2.21. The normalized spacial score (nSPS) is 14.0. The highest BCUT2D eigenvalue weighted by Gasteiger charge is 2.11. The van der Waals surface area contributed by atoms with Crippen LogP contribution in [0, 0.1) is 0 Å². The summed E-state index contributed by atoms with van der Waals surface area (Å²) >= 11 is 0. The smallest absolute Gasteiger partial charge is 0.315 e. The van der Waals surface area contributed by atoms with Crippen molar-refractivity contribution in [2.45, 2.75) is 45.3 Å². The lowest BCUT2D eigenvalue weighted by atomic mass is 9.98. The largest absolute Gasteiger partial charge is 0.357 e. The first-order chi connectivity index (χ1) is 17.1. The molecule has 6 nitrogen and oxygen atoms in total. The molecule has 1 aliphatic heterocycles. The van der Waals surface area contributed by atoms with Gasteiger partial charge in [0, 0.05) is 38.9 Å². The highest BCUT2D eigenvalue weighted by atomic mass is 16.2. The van der Waals surface area contributed by atoms with Gasteiger partial charge < -0.3 is 20.4 Å². The highest BCUT2D eigenvalue weighted by Crippen LogP contribution is 2.24. The van der Waals surface area contributed by atoms with Crippen LogP contribution in [0.1, 0.15) is 42.4 Å². The lowest BCUT2D eigenvalue weighted by Crippen LogP contribution is -2.34. The van der Waals surface area contributed by atoms with Crippen LogP contribution in [-0.2, 0) is 19.6 Å². The summed E-state index contributed by atoms with van der Waals surface area (Å²) < 4.78 is 0. The number of carbonyl (C=O) groups excluding carboxylic acids is 1. The minimum absolute atomic E-state index is 0.183. The number of amides is 2. The van der Waals surface area contributed by atoms with Crippen LogP contribution in [0.5, 0.6) is 0 Å². The molecular formula is C29H37N5O. The Kier molecular flexibility index (Phi) is 8.74. The van der Waals surface area contributed by atoms with E-state index in [4.69, 9.17) is 0 Å². The summed E-state index contributed by atoms with van der Waals surface area (Å²) in [7, 11) is 4.14. The SMILES string of the molecule is CN(C)Cc1ccc(-c2ccccc2CNC(=O)NCc2ccc(N3CCCCCC3)nc2)cc1. The number of rotatable bonds is 8. The van der Waals surface area contributed by atoms with Crippen molar-refractivity contribution in [2.24, 2.45) is 0 Å². The fourth-order valence-electron chi connectivity index (χ4n) is 4.54. The van der Waals surface area contributed by atoms with Gasteiger partial charge in [0.1, 0.15) is 5.82 Å². The molecule has 6 heteroatoms. The summed E-state index contributed by atoms with van der Waals surface area (Å²) in [6.07, 6.45) is 6.95. The number of carbonyl (C=O) groups is 1. The highest BCUT2D eigenvalue weighted by molar-refractivity contribution is 5.75. The summed E-state index contributed by atoms with van der Waals surface area (Å²) in [5.41, 5.74) is 5.66. The van der Waals surface area contributed by atoms with Crippen molar-refractivity contribution >= 4 is 11.8 Å². The first-order valence-electron chi connectivity index (χ1n) is 12.6. The maximum absolute atomic E-state index is 12.5. The summed E-state index contributed by atoms with van der Waals surface area (Å²) in [4.78, 5) is 21.6. The molecular weight excluding hydrogens is 434 g/mol. The summed E-state index contributed by atoms with van der Waals surface area (Å²) in [6.45, 7) is 3.99. The Balaban J connectivity index is 1.29. The molecule has 2 heterocycles. The van der Waals surface area contributed by atoms with Crippen LogP contribution in [0.25, 0.3) is 11.1 Å². The monoisotopic (exact) mass is 471 g/mol. The van der Waals surface area contributed by atoms with E-state index in [1.54, 1.807) is 0 Å². The molecule has 1 aromatic heterocycles. The van der Waals surface area contributed by atoms with Gasteiger partial charge in [0.15, 0.2) is 0 Å². The van der Waals surface area contributed by atoms with Gasteiger partial charge in [-0.05, 0) is 60.8 Å². The van der Waals surface area contributed by atoms with Gasteiger partial charge in [-0.2, -0.15) is 0 Å². The third kappa shape index (κ3) is 7.30. The molecule has 1 aliphatic rings. The Morgan fingerprint density at radius 3 is 2.23 bits per heavy atom. The van der Waals surface area contributed by atoms with Gasteiger partial charge in [0.25, 0.3) is 0 Å². The number of hydrogen-bond acceptors (Lipinski definition) is 4. The van der Waals surface area contributed by atoms with Gasteiger partial charge in [-0.3, -0.25) is 0 Å². The molecule has 0 bridgehead atoms. The van der Waals surface area contributed by atoms with Crippen LogP contribution < -0.4 is 15.5 Å². The molecule has 184 valence electrons. The van der Waals surface area contributed by atoms with Crippen molar-refractivity contribution in [3.05, 3.63) is 83.6 Å². The van der Waals surface area contributed by atoms with E-state index in [0.29, 0.717) is 13.1 Å². The van der Waals surface area contributed by atoms with Gasteiger partial charge in [0.2, 0.25) is 0 Å². The molecule has 0 unspecified atom stereocenters. The van der Waals surface area contributed by atoms with Crippen LogP contribution >= 0.6 is 0 Å². The molecule has 0 spiro atoms. The van der Waals surface area contributed by atoms with E-state index in [-0.39, 0.29) is 6.03 Å². The van der Waals surface area contributed by atoms with Crippen molar-refractivity contribution in [3.8, 4) is 11.1 Å². The summed E-state index contributed by atoms with van der Waals surface area (Å²) in [6, 6.07) is 20.8. The zero-order chi connectivity index (χ0) is 24.5. The second-order valence-electron chi connectivity index (χ2n) is 9.55. The Hall–Kier alpha value is -3.38. The number of aromatic nitrogens is 1. The minimum Gasteiger partial charge on any atom is -0.357 e. The van der Waals surface area contributed by atoms with Crippen molar-refractivity contribution in [1.82, 2.24) is 20.5 Å². The molecule has 2 aromatic carbocycles. The molecule has 35 heavy (non-hydrogen) atoms. The molecule has 2 amide bonds. The number of pyridine rings is 1. The van der Waals surface area contributed by atoms with E-state index in [0.717, 1.165) is 47.7 Å². The number of benzene rings is 2. The standard InChI is InChI=1S/C29H37N5O/c1-33(2)22-23-11-14-25(15-12-23)27-10-6-5-9-26(27)21-32-29(35)31-20-24-13-16-28(30-19-24)34-17-7-3-4-8-18-34/h5-6,9-16,19H,3-4,7-8,17-18,20-22H2,1-2H3,(H2,31,32,35).